The average Bonchev–Trinajstić information content (AvgIpc) is 2.67. The van der Waals surface area contributed by atoms with E-state index in [1.165, 1.54) is 18.5 Å². The van der Waals surface area contributed by atoms with Gasteiger partial charge in [0.25, 0.3) is 5.91 Å². The lowest BCUT2D eigenvalue weighted by atomic mass is 10.2. The first-order valence-corrected chi connectivity index (χ1v) is 9.17. The van der Waals surface area contributed by atoms with E-state index in [1.807, 2.05) is 12.1 Å². The highest BCUT2D eigenvalue weighted by atomic mass is 35.5. The molecule has 0 unspecified atom stereocenters. The molecule has 1 aromatic heterocycles. The van der Waals surface area contributed by atoms with Crippen molar-refractivity contribution >= 4 is 58.0 Å². The molecule has 28 heavy (non-hydrogen) atoms. The van der Waals surface area contributed by atoms with Crippen LogP contribution in [0.4, 0.5) is 17.3 Å². The molecule has 0 saturated carbocycles. The molecule has 0 fully saturated rings. The molecule has 0 aliphatic heterocycles. The molecule has 0 aliphatic rings. The smallest absolute Gasteiger partial charge is 0.271 e. The first-order chi connectivity index (χ1) is 13.4. The summed E-state index contributed by atoms with van der Waals surface area (Å²) >= 11 is 17.7. The highest BCUT2D eigenvalue weighted by Gasteiger charge is 2.13. The summed E-state index contributed by atoms with van der Waals surface area (Å²) in [6.45, 7) is 0.491. The van der Waals surface area contributed by atoms with Gasteiger partial charge in [-0.25, -0.2) is 9.97 Å². The number of nitrogens with two attached hydrogens (primary N) is 1. The molecule has 3 aromatic rings. The summed E-state index contributed by atoms with van der Waals surface area (Å²) in [7, 11) is 0. The maximum Gasteiger partial charge on any atom is 0.271 e. The van der Waals surface area contributed by atoms with Crippen LogP contribution in [0.25, 0.3) is 0 Å². The summed E-state index contributed by atoms with van der Waals surface area (Å²) in [6, 6.07) is 11.9. The molecule has 1 heterocycles. The summed E-state index contributed by atoms with van der Waals surface area (Å²) in [5.41, 5.74) is 12.8. The van der Waals surface area contributed by atoms with E-state index in [9.17, 15) is 4.79 Å². The minimum absolute atomic E-state index is 0.229. The third kappa shape index (κ3) is 4.95. The first kappa shape index (κ1) is 20.0. The lowest BCUT2D eigenvalue weighted by molar-refractivity contribution is 0.0962. The van der Waals surface area contributed by atoms with Gasteiger partial charge in [-0.3, -0.25) is 15.6 Å². The van der Waals surface area contributed by atoms with E-state index in [1.54, 1.807) is 18.2 Å². The Bertz CT molecular complexity index is 997. The van der Waals surface area contributed by atoms with Crippen molar-refractivity contribution in [3.05, 3.63) is 75.0 Å². The van der Waals surface area contributed by atoms with Crippen LogP contribution >= 0.6 is 34.8 Å². The van der Waals surface area contributed by atoms with Crippen LogP contribution in [0.15, 0.2) is 48.8 Å². The number of benzene rings is 2. The molecule has 0 spiro atoms. The molecule has 3 rings (SSSR count). The number of hydrogen-bond acceptors (Lipinski definition) is 6. The van der Waals surface area contributed by atoms with Crippen LogP contribution in [0.3, 0.4) is 0 Å². The molecule has 1 amide bonds. The largest absolute Gasteiger partial charge is 0.393 e. The van der Waals surface area contributed by atoms with Gasteiger partial charge in [0.15, 0.2) is 11.6 Å². The quantitative estimate of drug-likeness (QED) is 0.426. The summed E-state index contributed by atoms with van der Waals surface area (Å²) in [5, 5.41) is 4.44. The van der Waals surface area contributed by atoms with E-state index in [0.29, 0.717) is 22.4 Å². The Labute approximate surface area is 176 Å². The zero-order valence-corrected chi connectivity index (χ0v) is 16.6. The highest BCUT2D eigenvalue weighted by Crippen LogP contribution is 2.23. The number of hydrazine groups is 1. The summed E-state index contributed by atoms with van der Waals surface area (Å²) in [4.78, 5) is 20.4. The van der Waals surface area contributed by atoms with E-state index in [0.717, 1.165) is 5.56 Å². The normalized spacial score (nSPS) is 10.4. The molecule has 0 atom stereocenters. The third-order valence-electron chi connectivity index (χ3n) is 3.73. The Balaban J connectivity index is 1.65. The third-order valence-corrected chi connectivity index (χ3v) is 4.53. The summed E-state index contributed by atoms with van der Waals surface area (Å²) < 4.78 is 0. The van der Waals surface area contributed by atoms with E-state index in [-0.39, 0.29) is 22.1 Å². The van der Waals surface area contributed by atoms with Crippen molar-refractivity contribution in [2.75, 3.05) is 16.5 Å². The van der Waals surface area contributed by atoms with Gasteiger partial charge in [0, 0.05) is 16.6 Å². The van der Waals surface area contributed by atoms with Crippen LogP contribution in [0, 0.1) is 0 Å². The van der Waals surface area contributed by atoms with E-state index in [2.05, 4.69) is 26.1 Å². The maximum atomic E-state index is 12.3. The Morgan fingerprint density at radius 1 is 0.964 bits per heavy atom. The second-order valence-corrected chi connectivity index (χ2v) is 6.95. The first-order valence-electron chi connectivity index (χ1n) is 8.04. The fourth-order valence-electron chi connectivity index (χ4n) is 2.28. The topological polar surface area (TPSA) is 105 Å². The van der Waals surface area contributed by atoms with Crippen molar-refractivity contribution < 1.29 is 4.79 Å². The van der Waals surface area contributed by atoms with Crippen molar-refractivity contribution in [3.8, 4) is 0 Å². The van der Waals surface area contributed by atoms with Crippen LogP contribution in [0.1, 0.15) is 15.9 Å². The number of nitrogen functional groups attached to an aromatic ring is 1. The predicted molar refractivity (Wildman–Crippen MR) is 113 cm³/mol. The Kier molecular flexibility index (Phi) is 6.41. The number of halogens is 3. The summed E-state index contributed by atoms with van der Waals surface area (Å²) in [5.74, 6) is 0.202. The van der Waals surface area contributed by atoms with E-state index >= 15 is 0 Å². The molecule has 0 radical (unpaired) electrons. The molecule has 144 valence electrons. The van der Waals surface area contributed by atoms with Crippen molar-refractivity contribution in [3.63, 3.8) is 0 Å². The molecule has 0 bridgehead atoms. The Hall–Kier alpha value is -2.74. The number of aromatic nitrogens is 2. The van der Waals surface area contributed by atoms with Crippen LogP contribution < -0.4 is 21.9 Å². The standard InChI is InChI=1S/C18H15Cl3N6O/c19-11-3-1-10(2-4-11)8-23-16-15(22)17(25-9-24-16)26-27-18(28)13-6-5-12(20)7-14(13)21/h1-7,9H,8,22H2,(H,27,28)(H2,23,24,25,26). The predicted octanol–water partition coefficient (Wildman–Crippen LogP) is 4.39. The van der Waals surface area contributed by atoms with Crippen molar-refractivity contribution in [1.82, 2.24) is 15.4 Å². The molecule has 7 nitrogen and oxygen atoms in total. The Morgan fingerprint density at radius 2 is 1.64 bits per heavy atom. The van der Waals surface area contributed by atoms with Crippen LogP contribution in [-0.4, -0.2) is 15.9 Å². The number of rotatable bonds is 6. The molecular formula is C18H15Cl3N6O. The van der Waals surface area contributed by atoms with Gasteiger partial charge in [-0.1, -0.05) is 46.9 Å². The van der Waals surface area contributed by atoms with Gasteiger partial charge >= 0.3 is 0 Å². The molecule has 0 aliphatic carbocycles. The number of hydrogen-bond donors (Lipinski definition) is 4. The monoisotopic (exact) mass is 436 g/mol. The summed E-state index contributed by atoms with van der Waals surface area (Å²) in [6.07, 6.45) is 1.32. The molecule has 2 aromatic carbocycles. The lowest BCUT2D eigenvalue weighted by Gasteiger charge is -2.13. The number of amides is 1. The lowest BCUT2D eigenvalue weighted by Crippen LogP contribution is -2.30. The Morgan fingerprint density at radius 3 is 2.36 bits per heavy atom. The van der Waals surface area contributed by atoms with Crippen LogP contribution in [0.2, 0.25) is 15.1 Å². The van der Waals surface area contributed by atoms with Crippen LogP contribution in [0.5, 0.6) is 0 Å². The maximum absolute atomic E-state index is 12.3. The number of carbonyl (C=O) groups is 1. The zero-order chi connectivity index (χ0) is 20.1. The van der Waals surface area contributed by atoms with Gasteiger partial charge in [-0.2, -0.15) is 0 Å². The van der Waals surface area contributed by atoms with Gasteiger partial charge < -0.3 is 11.1 Å². The van der Waals surface area contributed by atoms with Gasteiger partial charge in [-0.15, -0.1) is 0 Å². The van der Waals surface area contributed by atoms with Gasteiger partial charge in [0.2, 0.25) is 0 Å². The fourth-order valence-corrected chi connectivity index (χ4v) is 2.90. The fraction of sp³-hybridized carbons (Fsp3) is 0.0556. The second kappa shape index (κ2) is 8.97. The molecule has 0 saturated heterocycles. The van der Waals surface area contributed by atoms with Crippen molar-refractivity contribution in [2.24, 2.45) is 0 Å². The average molecular weight is 438 g/mol. The SMILES string of the molecule is Nc1c(NCc2ccc(Cl)cc2)ncnc1NNC(=O)c1ccc(Cl)cc1Cl. The number of nitrogens with one attached hydrogen (secondary N) is 3. The minimum atomic E-state index is -0.463. The molecule has 5 N–H and O–H groups in total. The van der Waals surface area contributed by atoms with Crippen molar-refractivity contribution in [2.45, 2.75) is 6.54 Å². The highest BCUT2D eigenvalue weighted by molar-refractivity contribution is 6.36. The molecule has 10 heteroatoms. The number of anilines is 3. The van der Waals surface area contributed by atoms with E-state index in [4.69, 9.17) is 40.5 Å². The zero-order valence-electron chi connectivity index (χ0n) is 14.3. The van der Waals surface area contributed by atoms with Gasteiger partial charge in [-0.05, 0) is 35.9 Å². The minimum Gasteiger partial charge on any atom is -0.393 e. The van der Waals surface area contributed by atoms with Crippen molar-refractivity contribution in [1.29, 1.82) is 0 Å². The number of carbonyl (C=O) groups excluding carboxylic acids is 1. The van der Waals surface area contributed by atoms with E-state index < -0.39 is 5.91 Å². The van der Waals surface area contributed by atoms with Gasteiger partial charge in [0.05, 0.1) is 10.6 Å². The second-order valence-electron chi connectivity index (χ2n) is 5.67. The number of nitrogens with zero attached hydrogens (tertiary/aromatic N) is 2. The van der Waals surface area contributed by atoms with Crippen LogP contribution in [-0.2, 0) is 6.54 Å². The van der Waals surface area contributed by atoms with Gasteiger partial charge in [0.1, 0.15) is 12.0 Å². The molecular weight excluding hydrogens is 423 g/mol.